The third kappa shape index (κ3) is 3.72. The molecule has 1 aromatic carbocycles. The van der Waals surface area contributed by atoms with Crippen molar-refractivity contribution in [2.24, 2.45) is 12.8 Å². The summed E-state index contributed by atoms with van der Waals surface area (Å²) in [7, 11) is 1.80. The molecule has 3 aromatic rings. The van der Waals surface area contributed by atoms with Crippen molar-refractivity contribution in [1.82, 2.24) is 14.9 Å². The van der Waals surface area contributed by atoms with E-state index < -0.39 is 11.1 Å². The number of nitrogens with zero attached hydrogens (tertiary/aromatic N) is 2. The van der Waals surface area contributed by atoms with Gasteiger partial charge in [0.2, 0.25) is 0 Å². The number of pyridine rings is 1. The molecule has 2 heterocycles. The number of carbonyl (C=O) groups excluding carboxylic acids is 1. The lowest BCUT2D eigenvalue weighted by Crippen LogP contribution is -2.36. The van der Waals surface area contributed by atoms with Gasteiger partial charge in [-0.2, -0.15) is 0 Å². The van der Waals surface area contributed by atoms with Gasteiger partial charge in [-0.1, -0.05) is 24.3 Å². The minimum Gasteiger partial charge on any atom is -0.404 e. The van der Waals surface area contributed by atoms with Crippen LogP contribution in [0.4, 0.5) is 0 Å². The molecule has 0 saturated heterocycles. The molecular formula is C24H27N5O2. The summed E-state index contributed by atoms with van der Waals surface area (Å²) in [5, 5.41) is 21.9. The standard InChI is InChI=1S/C24H27N5O2/c1-23(2,31)17-5-4-6-18(12-17)24(9-10-24)28-22(30)20-11-15-7-8-19(16(13-25)14-26)27-21(15)29(20)3/h4-8,11-14,25,31H,9-10,26H2,1-3H3,(H,28,30)/b16-14+,25-13?. The molecule has 160 valence electrons. The first kappa shape index (κ1) is 20.8. The van der Waals surface area contributed by atoms with Gasteiger partial charge in [0.25, 0.3) is 5.91 Å². The van der Waals surface area contributed by atoms with E-state index in [1.165, 1.54) is 6.20 Å². The molecule has 31 heavy (non-hydrogen) atoms. The minimum atomic E-state index is -0.942. The smallest absolute Gasteiger partial charge is 0.268 e. The molecule has 5 N–H and O–H groups in total. The summed E-state index contributed by atoms with van der Waals surface area (Å²) in [5.41, 5.74) is 8.31. The molecule has 1 fully saturated rings. The highest BCUT2D eigenvalue weighted by Crippen LogP contribution is 2.46. The number of fused-ring (bicyclic) bond motifs is 1. The summed E-state index contributed by atoms with van der Waals surface area (Å²) in [6, 6.07) is 13.3. The van der Waals surface area contributed by atoms with E-state index in [4.69, 9.17) is 11.1 Å². The van der Waals surface area contributed by atoms with Crippen LogP contribution in [0.2, 0.25) is 0 Å². The van der Waals surface area contributed by atoms with Crippen molar-refractivity contribution < 1.29 is 9.90 Å². The van der Waals surface area contributed by atoms with Gasteiger partial charge in [0, 0.05) is 30.4 Å². The Labute approximate surface area is 181 Å². The highest BCUT2D eigenvalue weighted by atomic mass is 16.3. The Morgan fingerprint density at radius 3 is 2.65 bits per heavy atom. The average Bonchev–Trinajstić information content (AvgIpc) is 3.45. The van der Waals surface area contributed by atoms with Gasteiger partial charge in [0.05, 0.1) is 16.8 Å². The largest absolute Gasteiger partial charge is 0.404 e. The predicted molar refractivity (Wildman–Crippen MR) is 122 cm³/mol. The second kappa shape index (κ2) is 7.35. The molecule has 1 amide bonds. The van der Waals surface area contributed by atoms with E-state index in [1.807, 2.05) is 36.4 Å². The summed E-state index contributed by atoms with van der Waals surface area (Å²) >= 11 is 0. The zero-order valence-electron chi connectivity index (χ0n) is 17.9. The molecule has 2 aromatic heterocycles. The molecule has 1 saturated carbocycles. The topological polar surface area (TPSA) is 117 Å². The van der Waals surface area contributed by atoms with Crippen molar-refractivity contribution in [2.45, 2.75) is 37.8 Å². The maximum Gasteiger partial charge on any atom is 0.268 e. The fourth-order valence-electron chi connectivity index (χ4n) is 3.87. The van der Waals surface area contributed by atoms with Crippen molar-refractivity contribution in [3.63, 3.8) is 0 Å². The SMILES string of the molecule is Cn1c(C(=O)NC2(c3cccc(C(C)(C)O)c3)CC2)cc2ccc(/C(C=N)=C/N)nc21. The fourth-order valence-corrected chi connectivity index (χ4v) is 3.87. The second-order valence-electron chi connectivity index (χ2n) is 8.64. The van der Waals surface area contributed by atoms with Crippen molar-refractivity contribution in [2.75, 3.05) is 0 Å². The van der Waals surface area contributed by atoms with Crippen LogP contribution in [0.1, 0.15) is 54.0 Å². The lowest BCUT2D eigenvalue weighted by Gasteiger charge is -2.23. The first-order chi connectivity index (χ1) is 14.7. The van der Waals surface area contributed by atoms with Crippen LogP contribution in [0, 0.1) is 5.41 Å². The molecule has 0 radical (unpaired) electrons. The summed E-state index contributed by atoms with van der Waals surface area (Å²) in [5.74, 6) is -0.171. The Hall–Kier alpha value is -3.45. The van der Waals surface area contributed by atoms with Crippen LogP contribution in [0.15, 0.2) is 48.7 Å². The zero-order valence-corrected chi connectivity index (χ0v) is 17.9. The Kier molecular flexibility index (Phi) is 4.94. The number of aromatic nitrogens is 2. The van der Waals surface area contributed by atoms with E-state index in [0.717, 1.165) is 35.6 Å². The Morgan fingerprint density at radius 2 is 2.03 bits per heavy atom. The van der Waals surface area contributed by atoms with Gasteiger partial charge >= 0.3 is 0 Å². The monoisotopic (exact) mass is 417 g/mol. The number of benzene rings is 1. The van der Waals surface area contributed by atoms with Gasteiger partial charge < -0.3 is 26.1 Å². The molecule has 7 nitrogen and oxygen atoms in total. The van der Waals surface area contributed by atoms with E-state index in [1.54, 1.807) is 31.5 Å². The van der Waals surface area contributed by atoms with Crippen LogP contribution in [0.25, 0.3) is 16.6 Å². The summed E-state index contributed by atoms with van der Waals surface area (Å²) in [4.78, 5) is 17.8. The quantitative estimate of drug-likeness (QED) is 0.461. The second-order valence-corrected chi connectivity index (χ2v) is 8.64. The average molecular weight is 418 g/mol. The van der Waals surface area contributed by atoms with E-state index in [9.17, 15) is 9.90 Å². The molecule has 0 aliphatic heterocycles. The molecule has 0 spiro atoms. The number of aryl methyl sites for hydroxylation is 1. The van der Waals surface area contributed by atoms with Gasteiger partial charge in [-0.25, -0.2) is 4.98 Å². The number of hydrogen-bond donors (Lipinski definition) is 4. The van der Waals surface area contributed by atoms with Crippen LogP contribution in [0.3, 0.4) is 0 Å². The molecule has 4 rings (SSSR count). The number of hydrogen-bond acceptors (Lipinski definition) is 5. The van der Waals surface area contributed by atoms with Gasteiger partial charge in [-0.3, -0.25) is 4.79 Å². The normalized spacial score (nSPS) is 15.7. The third-order valence-electron chi connectivity index (χ3n) is 5.96. The molecule has 0 atom stereocenters. The van der Waals surface area contributed by atoms with E-state index >= 15 is 0 Å². The number of carbonyl (C=O) groups is 1. The number of amides is 1. The third-order valence-corrected chi connectivity index (χ3v) is 5.96. The van der Waals surface area contributed by atoms with Crippen molar-refractivity contribution in [3.8, 4) is 0 Å². The predicted octanol–water partition coefficient (Wildman–Crippen LogP) is 3.17. The van der Waals surface area contributed by atoms with Gasteiger partial charge in [0.1, 0.15) is 11.3 Å². The van der Waals surface area contributed by atoms with Crippen molar-refractivity contribution in [3.05, 3.63) is 71.2 Å². The fraction of sp³-hybridized carbons (Fsp3) is 0.292. The minimum absolute atomic E-state index is 0.171. The Balaban J connectivity index is 1.65. The molecular weight excluding hydrogens is 390 g/mol. The van der Waals surface area contributed by atoms with Crippen LogP contribution < -0.4 is 11.1 Å². The number of allylic oxidation sites excluding steroid dienone is 1. The molecule has 7 heteroatoms. The lowest BCUT2D eigenvalue weighted by molar-refractivity contribution is 0.0784. The van der Waals surface area contributed by atoms with Gasteiger partial charge in [-0.15, -0.1) is 0 Å². The Bertz CT molecular complexity index is 1210. The lowest BCUT2D eigenvalue weighted by atomic mass is 9.93. The highest BCUT2D eigenvalue weighted by Gasteiger charge is 2.46. The van der Waals surface area contributed by atoms with Crippen molar-refractivity contribution in [1.29, 1.82) is 5.41 Å². The van der Waals surface area contributed by atoms with Crippen LogP contribution >= 0.6 is 0 Å². The number of aliphatic hydroxyl groups is 1. The first-order valence-corrected chi connectivity index (χ1v) is 10.2. The molecule has 0 bridgehead atoms. The number of nitrogens with one attached hydrogen (secondary N) is 2. The van der Waals surface area contributed by atoms with E-state index in [0.29, 0.717) is 22.6 Å². The molecule has 1 aliphatic rings. The van der Waals surface area contributed by atoms with Gasteiger partial charge in [-0.05, 0) is 56.0 Å². The van der Waals surface area contributed by atoms with Crippen molar-refractivity contribution >= 4 is 28.7 Å². The molecule has 1 aliphatic carbocycles. The summed E-state index contributed by atoms with van der Waals surface area (Å²) in [6.45, 7) is 3.51. The number of rotatable bonds is 6. The maximum absolute atomic E-state index is 13.2. The van der Waals surface area contributed by atoms with Crippen LogP contribution in [-0.2, 0) is 18.2 Å². The van der Waals surface area contributed by atoms with Gasteiger partial charge in [0.15, 0.2) is 0 Å². The van der Waals surface area contributed by atoms with E-state index in [-0.39, 0.29) is 5.91 Å². The zero-order chi connectivity index (χ0) is 22.4. The molecule has 0 unspecified atom stereocenters. The Morgan fingerprint density at radius 1 is 1.29 bits per heavy atom. The van der Waals surface area contributed by atoms with Crippen LogP contribution in [-0.4, -0.2) is 26.8 Å². The van der Waals surface area contributed by atoms with Crippen LogP contribution in [0.5, 0.6) is 0 Å². The number of nitrogens with two attached hydrogens (primary N) is 1. The highest BCUT2D eigenvalue weighted by molar-refractivity contribution is 6.08. The maximum atomic E-state index is 13.2. The van der Waals surface area contributed by atoms with E-state index in [2.05, 4.69) is 10.3 Å². The first-order valence-electron chi connectivity index (χ1n) is 10.2. The summed E-state index contributed by atoms with van der Waals surface area (Å²) in [6.07, 6.45) is 4.20. The summed E-state index contributed by atoms with van der Waals surface area (Å²) < 4.78 is 1.76.